The Bertz CT molecular complexity index is 404. The summed E-state index contributed by atoms with van der Waals surface area (Å²) < 4.78 is 24.2. The smallest absolute Gasteiger partial charge is 0.197 e. The molecule has 0 saturated carbocycles. The number of ether oxygens (including phenoxy) is 3. The monoisotopic (exact) mass is 332 g/mol. The molecule has 0 aromatic rings. The van der Waals surface area contributed by atoms with Gasteiger partial charge in [-0.2, -0.15) is 0 Å². The summed E-state index contributed by atoms with van der Waals surface area (Å²) >= 11 is 0. The van der Waals surface area contributed by atoms with Crippen LogP contribution in [0, 0.1) is 5.92 Å². The average Bonchev–Trinajstić information content (AvgIpc) is 2.63. The van der Waals surface area contributed by atoms with Gasteiger partial charge < -0.3 is 23.7 Å². The summed E-state index contributed by atoms with van der Waals surface area (Å²) in [6.45, 7) is 15.9. The Morgan fingerprint density at radius 1 is 1.23 bits per heavy atom. The molecule has 0 unspecified atom stereocenters. The van der Waals surface area contributed by atoms with E-state index in [4.69, 9.17) is 18.6 Å². The van der Waals surface area contributed by atoms with Crippen LogP contribution < -0.4 is 0 Å². The fourth-order valence-electron chi connectivity index (χ4n) is 2.72. The zero-order valence-electron chi connectivity index (χ0n) is 15.1. The lowest BCUT2D eigenvalue weighted by atomic mass is 9.94. The van der Waals surface area contributed by atoms with Gasteiger partial charge in [-0.25, -0.2) is 0 Å². The minimum absolute atomic E-state index is 0.00735. The van der Waals surface area contributed by atoms with Crippen molar-refractivity contribution in [2.75, 3.05) is 19.8 Å². The van der Waals surface area contributed by atoms with E-state index in [1.807, 2.05) is 13.8 Å². The molecule has 1 N–H and O–H groups in total. The molecule has 5 nitrogen and oxygen atoms in total. The highest BCUT2D eigenvalue weighted by atomic mass is 28.4. The molecule has 2 heterocycles. The Kier molecular flexibility index (Phi) is 4.86. The summed E-state index contributed by atoms with van der Waals surface area (Å²) in [5.41, 5.74) is 0. The molecule has 0 aromatic carbocycles. The predicted octanol–water partition coefficient (Wildman–Crippen LogP) is 2.88. The summed E-state index contributed by atoms with van der Waals surface area (Å²) in [6, 6.07) is 0. The average molecular weight is 333 g/mol. The number of aliphatic hydroxyl groups is 1. The van der Waals surface area contributed by atoms with Gasteiger partial charge in [0.1, 0.15) is 6.61 Å². The van der Waals surface area contributed by atoms with Crippen molar-refractivity contribution in [3.05, 3.63) is 0 Å². The highest BCUT2D eigenvalue weighted by Gasteiger charge is 2.53. The van der Waals surface area contributed by atoms with Crippen LogP contribution in [0.3, 0.4) is 0 Å². The lowest BCUT2D eigenvalue weighted by molar-refractivity contribution is -0.289. The highest BCUT2D eigenvalue weighted by molar-refractivity contribution is 6.74. The SMILES string of the molecule is CC1(C)OC[C@@]2(C[C@@H](O[Si](C)(C)C(C)(C)C)[C@@H](CO)CO2)O1. The first kappa shape index (κ1) is 18.4. The van der Waals surface area contributed by atoms with Gasteiger partial charge in [0, 0.05) is 12.3 Å². The fourth-order valence-corrected chi connectivity index (χ4v) is 4.11. The molecule has 2 rings (SSSR count). The Labute approximate surface area is 135 Å². The molecule has 1 spiro atoms. The van der Waals surface area contributed by atoms with E-state index in [2.05, 4.69) is 33.9 Å². The van der Waals surface area contributed by atoms with Crippen LogP contribution in [0.15, 0.2) is 0 Å². The first-order valence-electron chi connectivity index (χ1n) is 8.17. The predicted molar refractivity (Wildman–Crippen MR) is 87.1 cm³/mol. The van der Waals surface area contributed by atoms with Crippen molar-refractivity contribution in [3.63, 3.8) is 0 Å². The van der Waals surface area contributed by atoms with Crippen LogP contribution in [0.25, 0.3) is 0 Å². The molecular formula is C16H32O5Si. The van der Waals surface area contributed by atoms with Crippen molar-refractivity contribution in [2.45, 2.75) is 76.8 Å². The van der Waals surface area contributed by atoms with Gasteiger partial charge in [-0.1, -0.05) is 20.8 Å². The molecule has 2 fully saturated rings. The standard InChI is InChI=1S/C16H32O5Si/c1-14(2,3)22(6,7)20-13-8-16(18-10-12(13)9-17)11-19-15(4,5)21-16/h12-13,17H,8-11H2,1-7H3/t12-,13+,16+/m0/s1. The molecule has 130 valence electrons. The molecule has 0 amide bonds. The lowest BCUT2D eigenvalue weighted by Crippen LogP contribution is -2.55. The van der Waals surface area contributed by atoms with Crippen LogP contribution >= 0.6 is 0 Å². The third kappa shape index (κ3) is 3.74. The third-order valence-corrected chi connectivity index (χ3v) is 9.66. The second-order valence-corrected chi connectivity index (χ2v) is 13.3. The molecule has 2 saturated heterocycles. The van der Waals surface area contributed by atoms with Gasteiger partial charge in [0.05, 0.1) is 19.3 Å². The molecule has 22 heavy (non-hydrogen) atoms. The van der Waals surface area contributed by atoms with E-state index >= 15 is 0 Å². The molecule has 6 heteroatoms. The first-order valence-corrected chi connectivity index (χ1v) is 11.1. The van der Waals surface area contributed by atoms with Crippen LogP contribution in [-0.2, 0) is 18.6 Å². The van der Waals surface area contributed by atoms with Gasteiger partial charge >= 0.3 is 0 Å². The molecule has 3 atom stereocenters. The van der Waals surface area contributed by atoms with E-state index < -0.39 is 19.9 Å². The summed E-state index contributed by atoms with van der Waals surface area (Å²) in [5, 5.41) is 9.81. The van der Waals surface area contributed by atoms with Crippen LogP contribution in [-0.4, -0.2) is 50.9 Å². The maximum absolute atomic E-state index is 9.68. The molecule has 0 aromatic heterocycles. The van der Waals surface area contributed by atoms with Gasteiger partial charge in [0.25, 0.3) is 0 Å². The lowest BCUT2D eigenvalue weighted by Gasteiger charge is -2.46. The van der Waals surface area contributed by atoms with Crippen molar-refractivity contribution >= 4 is 8.32 Å². The first-order chi connectivity index (χ1) is 9.90. The van der Waals surface area contributed by atoms with E-state index in [9.17, 15) is 5.11 Å². The summed E-state index contributed by atoms with van der Waals surface area (Å²) in [7, 11) is -1.92. The quantitative estimate of drug-likeness (QED) is 0.805. The van der Waals surface area contributed by atoms with E-state index in [1.54, 1.807) is 0 Å². The molecule has 0 bridgehead atoms. The minimum atomic E-state index is -1.92. The van der Waals surface area contributed by atoms with Crippen molar-refractivity contribution in [3.8, 4) is 0 Å². The highest BCUT2D eigenvalue weighted by Crippen LogP contribution is 2.44. The van der Waals surface area contributed by atoms with E-state index in [0.29, 0.717) is 19.6 Å². The zero-order chi connectivity index (χ0) is 16.8. The minimum Gasteiger partial charge on any atom is -0.413 e. The maximum Gasteiger partial charge on any atom is 0.197 e. The van der Waals surface area contributed by atoms with Crippen molar-refractivity contribution in [2.24, 2.45) is 5.92 Å². The molecular weight excluding hydrogens is 300 g/mol. The summed E-state index contributed by atoms with van der Waals surface area (Å²) in [6.07, 6.45) is 0.547. The second-order valence-electron chi connectivity index (χ2n) is 8.58. The van der Waals surface area contributed by atoms with Crippen molar-refractivity contribution in [1.29, 1.82) is 0 Å². The number of hydrogen-bond acceptors (Lipinski definition) is 5. The summed E-state index contributed by atoms with van der Waals surface area (Å²) in [5.74, 6) is -1.37. The van der Waals surface area contributed by atoms with E-state index in [-0.39, 0.29) is 23.7 Å². The van der Waals surface area contributed by atoms with Crippen LogP contribution in [0.4, 0.5) is 0 Å². The van der Waals surface area contributed by atoms with Gasteiger partial charge in [-0.05, 0) is 32.0 Å². The largest absolute Gasteiger partial charge is 0.413 e. The van der Waals surface area contributed by atoms with Gasteiger partial charge in [-0.3, -0.25) is 0 Å². The Hall–Kier alpha value is 0.0169. The van der Waals surface area contributed by atoms with Crippen LogP contribution in [0.5, 0.6) is 0 Å². The molecule has 0 aliphatic carbocycles. The fraction of sp³-hybridized carbons (Fsp3) is 1.00. The van der Waals surface area contributed by atoms with E-state index in [1.165, 1.54) is 0 Å². The zero-order valence-corrected chi connectivity index (χ0v) is 16.1. The second kappa shape index (κ2) is 5.83. The molecule has 2 aliphatic rings. The number of aliphatic hydroxyl groups excluding tert-OH is 1. The van der Waals surface area contributed by atoms with Gasteiger partial charge in [0.15, 0.2) is 19.9 Å². The third-order valence-electron chi connectivity index (χ3n) is 5.16. The number of hydrogen-bond donors (Lipinski definition) is 1. The Morgan fingerprint density at radius 2 is 1.86 bits per heavy atom. The van der Waals surface area contributed by atoms with Crippen molar-refractivity contribution in [1.82, 2.24) is 0 Å². The van der Waals surface area contributed by atoms with E-state index in [0.717, 1.165) is 0 Å². The number of rotatable bonds is 3. The van der Waals surface area contributed by atoms with Gasteiger partial charge in [-0.15, -0.1) is 0 Å². The summed E-state index contributed by atoms with van der Waals surface area (Å²) in [4.78, 5) is 0. The Balaban J connectivity index is 2.13. The Morgan fingerprint density at radius 3 is 2.32 bits per heavy atom. The normalized spacial score (nSPS) is 36.0. The molecule has 0 radical (unpaired) electrons. The van der Waals surface area contributed by atoms with Crippen LogP contribution in [0.1, 0.15) is 41.0 Å². The van der Waals surface area contributed by atoms with Crippen molar-refractivity contribution < 1.29 is 23.7 Å². The molecule has 2 aliphatic heterocycles. The topological polar surface area (TPSA) is 57.2 Å². The van der Waals surface area contributed by atoms with Crippen LogP contribution in [0.2, 0.25) is 18.1 Å². The maximum atomic E-state index is 9.68. The van der Waals surface area contributed by atoms with Gasteiger partial charge in [0.2, 0.25) is 0 Å².